The number of rotatable bonds is 4. The van der Waals surface area contributed by atoms with E-state index in [1.54, 1.807) is 25.3 Å². The van der Waals surface area contributed by atoms with Gasteiger partial charge in [-0.15, -0.1) is 0 Å². The van der Waals surface area contributed by atoms with Gasteiger partial charge in [0.1, 0.15) is 11.5 Å². The number of nitrogens with one attached hydrogen (secondary N) is 1. The summed E-state index contributed by atoms with van der Waals surface area (Å²) in [6.07, 6.45) is 0.550. The van der Waals surface area contributed by atoms with Crippen molar-refractivity contribution < 1.29 is 14.3 Å². The van der Waals surface area contributed by atoms with Crippen molar-refractivity contribution in [3.05, 3.63) is 54.1 Å². The average Bonchev–Trinajstić information content (AvgIpc) is 2.63. The summed E-state index contributed by atoms with van der Waals surface area (Å²) in [6.45, 7) is 1.93. The van der Waals surface area contributed by atoms with Gasteiger partial charge in [0.15, 0.2) is 0 Å². The molecule has 6 nitrogen and oxygen atoms in total. The topological polar surface area (TPSA) is 71.0 Å². The van der Waals surface area contributed by atoms with Gasteiger partial charge >= 0.3 is 0 Å². The van der Waals surface area contributed by atoms with Crippen LogP contribution in [0.3, 0.4) is 0 Å². The summed E-state index contributed by atoms with van der Waals surface area (Å²) in [4.78, 5) is 24.7. The van der Waals surface area contributed by atoms with E-state index >= 15 is 0 Å². The summed E-state index contributed by atoms with van der Waals surface area (Å²) in [7, 11) is 1.55. The molecule has 6 heteroatoms. The predicted octanol–water partition coefficient (Wildman–Crippen LogP) is 3.13. The standard InChI is InChI=1S/C19H19N3O3/c1-13-8-10-17(25-2)16(12-13)20-19(24)15-9-11-18(23)22(21-15)14-6-4-3-5-7-14/h3-8,10,12H,9,11H2,1-2H3,(H,20,24). The third-order valence-electron chi connectivity index (χ3n) is 3.90. The molecule has 2 aromatic carbocycles. The lowest BCUT2D eigenvalue weighted by atomic mass is 10.1. The molecule has 0 aromatic heterocycles. The van der Waals surface area contributed by atoms with Crippen LogP contribution in [0.25, 0.3) is 0 Å². The maximum Gasteiger partial charge on any atom is 0.271 e. The number of nitrogens with zero attached hydrogens (tertiary/aromatic N) is 2. The van der Waals surface area contributed by atoms with E-state index in [0.29, 0.717) is 29.3 Å². The van der Waals surface area contributed by atoms with Crippen molar-refractivity contribution in [2.45, 2.75) is 19.8 Å². The van der Waals surface area contributed by atoms with Crippen LogP contribution < -0.4 is 15.1 Å². The third-order valence-corrected chi connectivity index (χ3v) is 3.90. The molecule has 0 unspecified atom stereocenters. The normalized spacial score (nSPS) is 14.1. The third kappa shape index (κ3) is 3.68. The second kappa shape index (κ2) is 7.17. The lowest BCUT2D eigenvalue weighted by Gasteiger charge is -2.23. The molecule has 0 saturated carbocycles. The lowest BCUT2D eigenvalue weighted by Crippen LogP contribution is -2.36. The first-order chi connectivity index (χ1) is 12.1. The first-order valence-corrected chi connectivity index (χ1v) is 8.00. The van der Waals surface area contributed by atoms with Crippen LogP contribution in [0.2, 0.25) is 0 Å². The van der Waals surface area contributed by atoms with E-state index in [9.17, 15) is 9.59 Å². The van der Waals surface area contributed by atoms with E-state index in [2.05, 4.69) is 10.4 Å². The van der Waals surface area contributed by atoms with E-state index in [1.165, 1.54) is 5.01 Å². The smallest absolute Gasteiger partial charge is 0.271 e. The average molecular weight is 337 g/mol. The lowest BCUT2D eigenvalue weighted by molar-refractivity contribution is -0.118. The number of amides is 2. The van der Waals surface area contributed by atoms with Crippen LogP contribution in [0, 0.1) is 6.92 Å². The van der Waals surface area contributed by atoms with Crippen LogP contribution in [0.1, 0.15) is 18.4 Å². The van der Waals surface area contributed by atoms with Gasteiger partial charge in [-0.05, 0) is 36.8 Å². The van der Waals surface area contributed by atoms with E-state index in [0.717, 1.165) is 5.56 Å². The quantitative estimate of drug-likeness (QED) is 0.932. The van der Waals surface area contributed by atoms with Gasteiger partial charge in [0.2, 0.25) is 5.91 Å². The summed E-state index contributed by atoms with van der Waals surface area (Å²) in [5, 5.41) is 8.36. The van der Waals surface area contributed by atoms with E-state index < -0.39 is 0 Å². The van der Waals surface area contributed by atoms with Crippen molar-refractivity contribution >= 4 is 28.9 Å². The Hall–Kier alpha value is -3.15. The molecule has 3 rings (SSSR count). The Labute approximate surface area is 146 Å². The Bertz CT molecular complexity index is 831. The molecule has 0 radical (unpaired) electrons. The second-order valence-corrected chi connectivity index (χ2v) is 5.75. The minimum absolute atomic E-state index is 0.129. The van der Waals surface area contributed by atoms with Gasteiger partial charge in [-0.2, -0.15) is 5.10 Å². The van der Waals surface area contributed by atoms with Crippen molar-refractivity contribution in [3.63, 3.8) is 0 Å². The molecule has 1 aliphatic heterocycles. The fraction of sp³-hybridized carbons (Fsp3) is 0.211. The van der Waals surface area contributed by atoms with Crippen LogP contribution >= 0.6 is 0 Å². The van der Waals surface area contributed by atoms with Gasteiger partial charge in [0.05, 0.1) is 18.5 Å². The number of hydrazone groups is 1. The highest BCUT2D eigenvalue weighted by Gasteiger charge is 2.26. The minimum atomic E-state index is -0.336. The van der Waals surface area contributed by atoms with Gasteiger partial charge in [-0.1, -0.05) is 24.3 Å². The number of ether oxygens (including phenoxy) is 1. The Balaban J connectivity index is 1.85. The Kier molecular flexibility index (Phi) is 4.79. The molecule has 2 aromatic rings. The van der Waals surface area contributed by atoms with E-state index in [-0.39, 0.29) is 18.2 Å². The number of aryl methyl sites for hydroxylation is 1. The number of hydrogen-bond donors (Lipinski definition) is 1. The molecule has 0 aliphatic carbocycles. The van der Waals surface area contributed by atoms with Crippen LogP contribution in [0.4, 0.5) is 11.4 Å². The number of methoxy groups -OCH3 is 1. The van der Waals surface area contributed by atoms with Gasteiger partial charge < -0.3 is 10.1 Å². The minimum Gasteiger partial charge on any atom is -0.495 e. The SMILES string of the molecule is COc1ccc(C)cc1NC(=O)C1=NN(c2ccccc2)C(=O)CC1. The number of benzene rings is 2. The molecule has 0 saturated heterocycles. The highest BCUT2D eigenvalue weighted by atomic mass is 16.5. The fourth-order valence-corrected chi connectivity index (χ4v) is 2.60. The Morgan fingerprint density at radius 1 is 1.16 bits per heavy atom. The zero-order valence-electron chi connectivity index (χ0n) is 14.2. The molecule has 0 atom stereocenters. The summed E-state index contributed by atoms with van der Waals surface area (Å²) in [5.74, 6) is 0.111. The van der Waals surface area contributed by atoms with Gasteiger partial charge in [0, 0.05) is 12.8 Å². The highest BCUT2D eigenvalue weighted by molar-refractivity contribution is 6.44. The van der Waals surface area contributed by atoms with Gasteiger partial charge in [0.25, 0.3) is 5.91 Å². The van der Waals surface area contributed by atoms with Crippen LogP contribution in [-0.2, 0) is 9.59 Å². The van der Waals surface area contributed by atoms with Crippen LogP contribution in [0.5, 0.6) is 5.75 Å². The van der Waals surface area contributed by atoms with Crippen molar-refractivity contribution in [1.82, 2.24) is 0 Å². The molecule has 25 heavy (non-hydrogen) atoms. The van der Waals surface area contributed by atoms with Gasteiger partial charge in [-0.25, -0.2) is 5.01 Å². The first kappa shape index (κ1) is 16.7. The number of carbonyl (C=O) groups is 2. The maximum absolute atomic E-state index is 12.6. The summed E-state index contributed by atoms with van der Waals surface area (Å²) in [5.41, 5.74) is 2.54. The number of carbonyl (C=O) groups excluding carboxylic acids is 2. The van der Waals surface area contributed by atoms with Crippen molar-refractivity contribution in [2.24, 2.45) is 5.10 Å². The molecule has 1 heterocycles. The molecule has 0 bridgehead atoms. The van der Waals surface area contributed by atoms with E-state index in [4.69, 9.17) is 4.74 Å². The summed E-state index contributed by atoms with van der Waals surface area (Å²) < 4.78 is 5.28. The molecular formula is C19H19N3O3. The number of hydrogen-bond acceptors (Lipinski definition) is 4. The largest absolute Gasteiger partial charge is 0.495 e. The Morgan fingerprint density at radius 3 is 2.64 bits per heavy atom. The highest BCUT2D eigenvalue weighted by Crippen LogP contribution is 2.26. The zero-order valence-corrected chi connectivity index (χ0v) is 14.2. The zero-order chi connectivity index (χ0) is 17.8. The monoisotopic (exact) mass is 337 g/mol. The summed E-state index contributed by atoms with van der Waals surface area (Å²) in [6, 6.07) is 14.6. The summed E-state index contributed by atoms with van der Waals surface area (Å²) >= 11 is 0. The molecular weight excluding hydrogens is 318 g/mol. The molecule has 0 fully saturated rings. The second-order valence-electron chi connectivity index (χ2n) is 5.75. The molecule has 128 valence electrons. The first-order valence-electron chi connectivity index (χ1n) is 8.00. The predicted molar refractivity (Wildman–Crippen MR) is 97.0 cm³/mol. The van der Waals surface area contributed by atoms with Crippen LogP contribution in [-0.4, -0.2) is 24.6 Å². The molecule has 1 N–H and O–H groups in total. The van der Waals surface area contributed by atoms with E-state index in [1.807, 2.05) is 37.3 Å². The molecule has 0 spiro atoms. The van der Waals surface area contributed by atoms with Crippen LogP contribution in [0.15, 0.2) is 53.6 Å². The van der Waals surface area contributed by atoms with Crippen molar-refractivity contribution in [3.8, 4) is 5.75 Å². The number of para-hydroxylation sites is 1. The maximum atomic E-state index is 12.6. The number of anilines is 2. The molecule has 2 amide bonds. The molecule has 1 aliphatic rings. The Morgan fingerprint density at radius 2 is 1.92 bits per heavy atom. The van der Waals surface area contributed by atoms with Crippen molar-refractivity contribution in [2.75, 3.05) is 17.4 Å². The van der Waals surface area contributed by atoms with Crippen molar-refractivity contribution in [1.29, 1.82) is 0 Å². The fourth-order valence-electron chi connectivity index (χ4n) is 2.60. The van der Waals surface area contributed by atoms with Gasteiger partial charge in [-0.3, -0.25) is 9.59 Å².